The van der Waals surface area contributed by atoms with Crippen LogP contribution in [0.2, 0.25) is 0 Å². The molecule has 0 bridgehead atoms. The third-order valence-corrected chi connectivity index (χ3v) is 2.79. The molecule has 1 aromatic carbocycles. The van der Waals surface area contributed by atoms with Crippen molar-refractivity contribution >= 4 is 17.4 Å². The van der Waals surface area contributed by atoms with Crippen LogP contribution in [-0.2, 0) is 18.4 Å². The highest BCUT2D eigenvalue weighted by Crippen LogP contribution is 2.32. The van der Waals surface area contributed by atoms with Gasteiger partial charge in [-0.2, -0.15) is 4.80 Å². The Morgan fingerprint density at radius 2 is 2.11 bits per heavy atom. The second-order valence-corrected chi connectivity index (χ2v) is 4.05. The molecule has 1 amide bonds. The molecular formula is C11H8FN5O2. The number of benzene rings is 1. The first-order chi connectivity index (χ1) is 9.08. The van der Waals surface area contributed by atoms with Crippen LogP contribution in [0.3, 0.4) is 0 Å². The predicted molar refractivity (Wildman–Crippen MR) is 60.7 cm³/mol. The van der Waals surface area contributed by atoms with E-state index in [1.54, 1.807) is 7.05 Å². The summed E-state index contributed by atoms with van der Waals surface area (Å²) in [7, 11) is 1.57. The highest BCUT2D eigenvalue weighted by molar-refractivity contribution is 6.52. The average Bonchev–Trinajstić information content (AvgIpc) is 2.89. The Hall–Kier alpha value is -2.64. The molecule has 0 aliphatic carbocycles. The van der Waals surface area contributed by atoms with Crippen LogP contribution in [0.1, 0.15) is 16.2 Å². The van der Waals surface area contributed by atoms with E-state index in [2.05, 4.69) is 15.4 Å². The van der Waals surface area contributed by atoms with Gasteiger partial charge in [-0.1, -0.05) is 6.07 Å². The minimum atomic E-state index is -0.785. The maximum atomic E-state index is 13.8. The van der Waals surface area contributed by atoms with Gasteiger partial charge in [-0.05, 0) is 17.3 Å². The van der Waals surface area contributed by atoms with Gasteiger partial charge in [0.05, 0.1) is 24.8 Å². The molecular weight excluding hydrogens is 253 g/mol. The quantitative estimate of drug-likeness (QED) is 0.715. The SMILES string of the molecule is Cn1nnc(CN2C(=O)C(=O)c3cccc(F)c32)n1. The molecule has 0 spiro atoms. The smallest absolute Gasteiger partial charge is 0.294 e. The molecule has 0 saturated carbocycles. The van der Waals surface area contributed by atoms with E-state index in [0.29, 0.717) is 0 Å². The maximum Gasteiger partial charge on any atom is 0.299 e. The normalized spacial score (nSPS) is 14.1. The van der Waals surface area contributed by atoms with Crippen LogP contribution < -0.4 is 4.90 Å². The van der Waals surface area contributed by atoms with E-state index in [9.17, 15) is 14.0 Å². The zero-order valence-electron chi connectivity index (χ0n) is 9.87. The van der Waals surface area contributed by atoms with Crippen LogP contribution in [0, 0.1) is 5.82 Å². The van der Waals surface area contributed by atoms with Crippen molar-refractivity contribution in [2.75, 3.05) is 4.90 Å². The number of hydrogen-bond donors (Lipinski definition) is 0. The highest BCUT2D eigenvalue weighted by atomic mass is 19.1. The van der Waals surface area contributed by atoms with Crippen molar-refractivity contribution in [2.45, 2.75) is 6.54 Å². The number of rotatable bonds is 2. The fraction of sp³-hybridized carbons (Fsp3) is 0.182. The van der Waals surface area contributed by atoms with Gasteiger partial charge in [-0.25, -0.2) is 4.39 Å². The van der Waals surface area contributed by atoms with E-state index in [1.165, 1.54) is 23.0 Å². The van der Waals surface area contributed by atoms with Crippen LogP contribution in [-0.4, -0.2) is 31.9 Å². The molecule has 0 radical (unpaired) electrons. The number of aromatic nitrogens is 4. The molecule has 0 saturated heterocycles. The zero-order valence-corrected chi connectivity index (χ0v) is 9.87. The molecule has 1 aromatic heterocycles. The van der Waals surface area contributed by atoms with Gasteiger partial charge < -0.3 is 0 Å². The van der Waals surface area contributed by atoms with Crippen molar-refractivity contribution < 1.29 is 14.0 Å². The minimum absolute atomic E-state index is 0.0232. The van der Waals surface area contributed by atoms with E-state index >= 15 is 0 Å². The fourth-order valence-electron chi connectivity index (χ4n) is 1.99. The Morgan fingerprint density at radius 1 is 1.32 bits per heavy atom. The summed E-state index contributed by atoms with van der Waals surface area (Å²) in [6, 6.07) is 4.01. The number of halogens is 1. The Labute approximate surface area is 106 Å². The van der Waals surface area contributed by atoms with Crippen molar-refractivity contribution in [3.8, 4) is 0 Å². The Bertz CT molecular complexity index is 696. The lowest BCUT2D eigenvalue weighted by atomic mass is 10.1. The van der Waals surface area contributed by atoms with Crippen molar-refractivity contribution in [3.63, 3.8) is 0 Å². The van der Waals surface area contributed by atoms with E-state index in [4.69, 9.17) is 0 Å². The van der Waals surface area contributed by atoms with Crippen LogP contribution in [0.25, 0.3) is 0 Å². The zero-order chi connectivity index (χ0) is 13.6. The fourth-order valence-corrected chi connectivity index (χ4v) is 1.99. The number of fused-ring (bicyclic) bond motifs is 1. The summed E-state index contributed by atoms with van der Waals surface area (Å²) in [6.07, 6.45) is 0. The molecule has 0 N–H and O–H groups in total. The topological polar surface area (TPSA) is 81.0 Å². The lowest BCUT2D eigenvalue weighted by Crippen LogP contribution is -2.30. The van der Waals surface area contributed by atoms with Crippen molar-refractivity contribution in [1.82, 2.24) is 20.2 Å². The van der Waals surface area contributed by atoms with E-state index in [0.717, 1.165) is 4.90 Å². The number of amides is 1. The second kappa shape index (κ2) is 3.94. The lowest BCUT2D eigenvalue weighted by Gasteiger charge is -2.14. The second-order valence-electron chi connectivity index (χ2n) is 4.05. The summed E-state index contributed by atoms with van der Waals surface area (Å²) >= 11 is 0. The number of tetrazole rings is 1. The number of anilines is 1. The van der Waals surface area contributed by atoms with Gasteiger partial charge in [0.15, 0.2) is 5.82 Å². The highest BCUT2D eigenvalue weighted by Gasteiger charge is 2.38. The third-order valence-electron chi connectivity index (χ3n) is 2.79. The summed E-state index contributed by atoms with van der Waals surface area (Å²) in [5.41, 5.74) is 0.0406. The van der Waals surface area contributed by atoms with Gasteiger partial charge >= 0.3 is 0 Å². The molecule has 19 heavy (non-hydrogen) atoms. The van der Waals surface area contributed by atoms with Gasteiger partial charge in [-0.3, -0.25) is 14.5 Å². The van der Waals surface area contributed by atoms with Gasteiger partial charge in [0.25, 0.3) is 11.7 Å². The predicted octanol–water partition coefficient (Wildman–Crippen LogP) is 0.0787. The molecule has 3 rings (SSSR count). The molecule has 0 fully saturated rings. The third kappa shape index (κ3) is 1.68. The van der Waals surface area contributed by atoms with Crippen LogP contribution >= 0.6 is 0 Å². The summed E-state index contributed by atoms with van der Waals surface area (Å²) < 4.78 is 13.8. The summed E-state index contributed by atoms with van der Waals surface area (Å²) in [6.45, 7) is -0.0909. The monoisotopic (exact) mass is 261 g/mol. The Balaban J connectivity index is 2.04. The molecule has 8 heteroatoms. The van der Waals surface area contributed by atoms with Crippen molar-refractivity contribution in [1.29, 1.82) is 0 Å². The first-order valence-corrected chi connectivity index (χ1v) is 5.45. The number of para-hydroxylation sites is 1. The number of carbonyl (C=O) groups is 2. The average molecular weight is 261 g/mol. The van der Waals surface area contributed by atoms with E-state index in [1.807, 2.05) is 0 Å². The molecule has 0 unspecified atom stereocenters. The first-order valence-electron chi connectivity index (χ1n) is 5.45. The molecule has 1 aliphatic rings. The molecule has 96 valence electrons. The summed E-state index contributed by atoms with van der Waals surface area (Å²) in [4.78, 5) is 25.8. The van der Waals surface area contributed by atoms with Crippen LogP contribution in [0.15, 0.2) is 18.2 Å². The number of ketones is 1. The molecule has 7 nitrogen and oxygen atoms in total. The Kier molecular flexibility index (Phi) is 2.37. The maximum absolute atomic E-state index is 13.8. The largest absolute Gasteiger partial charge is 0.299 e. The van der Waals surface area contributed by atoms with Crippen molar-refractivity contribution in [3.05, 3.63) is 35.4 Å². The molecule has 2 aromatic rings. The van der Waals surface area contributed by atoms with Gasteiger partial charge in [-0.15, -0.1) is 10.2 Å². The van der Waals surface area contributed by atoms with E-state index in [-0.39, 0.29) is 23.6 Å². The van der Waals surface area contributed by atoms with Crippen LogP contribution in [0.4, 0.5) is 10.1 Å². The number of carbonyl (C=O) groups excluding carboxylic acids is 2. The van der Waals surface area contributed by atoms with Crippen LogP contribution in [0.5, 0.6) is 0 Å². The molecule has 1 aliphatic heterocycles. The molecule has 2 heterocycles. The van der Waals surface area contributed by atoms with Gasteiger partial charge in [0.2, 0.25) is 0 Å². The summed E-state index contributed by atoms with van der Waals surface area (Å²) in [5.74, 6) is -1.90. The number of aryl methyl sites for hydroxylation is 1. The van der Waals surface area contributed by atoms with Gasteiger partial charge in [0, 0.05) is 0 Å². The minimum Gasteiger partial charge on any atom is -0.294 e. The van der Waals surface area contributed by atoms with E-state index < -0.39 is 17.5 Å². The number of hydrogen-bond acceptors (Lipinski definition) is 5. The van der Waals surface area contributed by atoms with Gasteiger partial charge in [0.1, 0.15) is 5.82 Å². The van der Waals surface area contributed by atoms with Crippen molar-refractivity contribution in [2.24, 2.45) is 7.05 Å². The standard InChI is InChI=1S/C11H8FN5O2/c1-16-14-8(13-15-16)5-17-9-6(10(18)11(17)19)3-2-4-7(9)12/h2-4H,5H2,1H3. The molecule has 0 atom stereocenters. The number of nitrogens with zero attached hydrogens (tertiary/aromatic N) is 5. The Morgan fingerprint density at radius 3 is 2.79 bits per heavy atom. The summed E-state index contributed by atoms with van der Waals surface area (Å²) in [5, 5.41) is 11.2. The first kappa shape index (κ1) is 11.5. The lowest BCUT2D eigenvalue weighted by molar-refractivity contribution is -0.114. The number of Topliss-reactive ketones (excluding diaryl/α,β-unsaturated/α-hetero) is 1.